The Hall–Kier alpha value is -2.21. The molecule has 1 heterocycles. The first-order valence-electron chi connectivity index (χ1n) is 5.95. The van der Waals surface area contributed by atoms with Crippen LogP contribution < -0.4 is 5.32 Å². The molecule has 1 aromatic carbocycles. The Bertz CT molecular complexity index is 604. The highest BCUT2D eigenvalue weighted by Gasteiger charge is 2.19. The van der Waals surface area contributed by atoms with Crippen LogP contribution in [0.3, 0.4) is 0 Å². The molecule has 0 radical (unpaired) electrons. The van der Waals surface area contributed by atoms with Gasteiger partial charge >= 0.3 is 0 Å². The molecule has 0 spiro atoms. The Balaban J connectivity index is 2.02. The highest BCUT2D eigenvalue weighted by atomic mass is 19.1. The summed E-state index contributed by atoms with van der Waals surface area (Å²) in [4.78, 5) is 11.7. The molecule has 0 saturated heterocycles. The molecule has 0 unspecified atom stereocenters. The molecule has 6 heteroatoms. The van der Waals surface area contributed by atoms with Crippen LogP contribution in [0.25, 0.3) is 0 Å². The zero-order valence-electron chi connectivity index (χ0n) is 10.7. The lowest BCUT2D eigenvalue weighted by molar-refractivity contribution is 0.0892. The fourth-order valence-electron chi connectivity index (χ4n) is 1.73. The number of nitrogens with one attached hydrogen (secondary N) is 1. The van der Waals surface area contributed by atoms with Gasteiger partial charge in [0.15, 0.2) is 0 Å². The molecule has 2 rings (SSSR count). The first kappa shape index (κ1) is 14.2. The van der Waals surface area contributed by atoms with Crippen molar-refractivity contribution in [3.8, 4) is 0 Å². The molecule has 1 atom stereocenters. The molecule has 2 N–H and O–H groups in total. The fourth-order valence-corrected chi connectivity index (χ4v) is 1.73. The van der Waals surface area contributed by atoms with E-state index in [-0.39, 0.29) is 12.3 Å². The van der Waals surface area contributed by atoms with E-state index in [1.807, 2.05) is 0 Å². The van der Waals surface area contributed by atoms with Gasteiger partial charge in [0, 0.05) is 0 Å². The van der Waals surface area contributed by atoms with Crippen LogP contribution in [-0.4, -0.2) is 17.6 Å². The number of halogens is 2. The van der Waals surface area contributed by atoms with Gasteiger partial charge in [-0.2, -0.15) is 0 Å². The van der Waals surface area contributed by atoms with Crippen LogP contribution in [0.2, 0.25) is 0 Å². The second-order valence-electron chi connectivity index (χ2n) is 4.27. The topological polar surface area (TPSA) is 62.5 Å². The van der Waals surface area contributed by atoms with E-state index in [2.05, 4.69) is 5.32 Å². The van der Waals surface area contributed by atoms with Gasteiger partial charge in [-0.1, -0.05) is 6.07 Å². The lowest BCUT2D eigenvalue weighted by Gasteiger charge is -2.10. The van der Waals surface area contributed by atoms with Crippen LogP contribution in [0.1, 0.15) is 28.0 Å². The molecule has 4 nitrogen and oxygen atoms in total. The highest BCUT2D eigenvalue weighted by Crippen LogP contribution is 2.16. The molecular formula is C14H13F2NO3. The number of hydrogen-bond acceptors (Lipinski definition) is 3. The SMILES string of the molecule is Cc1ccc([C@H](O)CNC(=O)c2c(F)cccc2F)o1. The first-order valence-corrected chi connectivity index (χ1v) is 5.95. The Kier molecular flexibility index (Phi) is 4.14. The zero-order chi connectivity index (χ0) is 14.7. The smallest absolute Gasteiger partial charge is 0.257 e. The predicted octanol–water partition coefficient (Wildman–Crippen LogP) is 2.33. The number of hydrogen-bond donors (Lipinski definition) is 2. The van der Waals surface area contributed by atoms with Crippen molar-refractivity contribution in [1.29, 1.82) is 0 Å². The van der Waals surface area contributed by atoms with E-state index in [9.17, 15) is 18.7 Å². The predicted molar refractivity (Wildman–Crippen MR) is 67.1 cm³/mol. The van der Waals surface area contributed by atoms with Crippen LogP contribution >= 0.6 is 0 Å². The van der Waals surface area contributed by atoms with Gasteiger partial charge in [-0.3, -0.25) is 4.79 Å². The van der Waals surface area contributed by atoms with E-state index in [4.69, 9.17) is 4.42 Å². The molecule has 1 amide bonds. The summed E-state index contributed by atoms with van der Waals surface area (Å²) in [7, 11) is 0. The van der Waals surface area contributed by atoms with E-state index in [1.54, 1.807) is 19.1 Å². The van der Waals surface area contributed by atoms with E-state index in [0.717, 1.165) is 12.1 Å². The van der Waals surface area contributed by atoms with Gasteiger partial charge in [-0.15, -0.1) is 0 Å². The van der Waals surface area contributed by atoms with Gasteiger partial charge < -0.3 is 14.8 Å². The third-order valence-electron chi connectivity index (χ3n) is 2.74. The standard InChI is InChI=1S/C14H13F2NO3/c1-8-5-6-12(20-8)11(18)7-17-14(19)13-9(15)3-2-4-10(13)16/h2-6,11,18H,7H2,1H3,(H,17,19)/t11-/m1/s1. The maximum atomic E-state index is 13.4. The molecule has 0 aliphatic carbocycles. The van der Waals surface area contributed by atoms with Crippen molar-refractivity contribution < 1.29 is 23.1 Å². The number of amides is 1. The molecule has 2 aromatic rings. The van der Waals surface area contributed by atoms with E-state index in [0.29, 0.717) is 5.76 Å². The van der Waals surface area contributed by atoms with Gasteiger partial charge in [-0.05, 0) is 31.2 Å². The molecule has 0 aliphatic rings. The van der Waals surface area contributed by atoms with E-state index >= 15 is 0 Å². The van der Waals surface area contributed by atoms with Crippen molar-refractivity contribution >= 4 is 5.91 Å². The third-order valence-corrected chi connectivity index (χ3v) is 2.74. The summed E-state index contributed by atoms with van der Waals surface area (Å²) in [6, 6.07) is 6.38. The van der Waals surface area contributed by atoms with Crippen LogP contribution in [0.5, 0.6) is 0 Å². The van der Waals surface area contributed by atoms with Crippen molar-refractivity contribution in [3.05, 3.63) is 59.1 Å². The Morgan fingerprint density at radius 2 is 1.95 bits per heavy atom. The van der Waals surface area contributed by atoms with Gasteiger partial charge in [0.2, 0.25) is 0 Å². The second-order valence-corrected chi connectivity index (χ2v) is 4.27. The van der Waals surface area contributed by atoms with Crippen molar-refractivity contribution in [1.82, 2.24) is 5.32 Å². The molecule has 0 bridgehead atoms. The summed E-state index contributed by atoms with van der Waals surface area (Å²) in [6.45, 7) is 1.50. The summed E-state index contributed by atoms with van der Waals surface area (Å²) >= 11 is 0. The van der Waals surface area contributed by atoms with Gasteiger partial charge in [0.25, 0.3) is 5.91 Å². The first-order chi connectivity index (χ1) is 9.49. The highest BCUT2D eigenvalue weighted by molar-refractivity contribution is 5.94. The van der Waals surface area contributed by atoms with Crippen LogP contribution in [0, 0.1) is 18.6 Å². The number of aliphatic hydroxyl groups excluding tert-OH is 1. The molecule has 20 heavy (non-hydrogen) atoms. The summed E-state index contributed by atoms with van der Waals surface area (Å²) in [5, 5.41) is 12.0. The van der Waals surface area contributed by atoms with Crippen molar-refractivity contribution in [2.45, 2.75) is 13.0 Å². The van der Waals surface area contributed by atoms with Crippen LogP contribution in [-0.2, 0) is 0 Å². The van der Waals surface area contributed by atoms with E-state index in [1.165, 1.54) is 6.07 Å². The maximum absolute atomic E-state index is 13.4. The number of aryl methyl sites for hydroxylation is 1. The molecule has 0 aliphatic heterocycles. The molecule has 106 valence electrons. The second kappa shape index (κ2) is 5.83. The Labute approximate surface area is 114 Å². The lowest BCUT2D eigenvalue weighted by Crippen LogP contribution is -2.29. The van der Waals surface area contributed by atoms with Crippen molar-refractivity contribution in [2.24, 2.45) is 0 Å². The monoisotopic (exact) mass is 281 g/mol. The van der Waals surface area contributed by atoms with Crippen molar-refractivity contribution in [2.75, 3.05) is 6.54 Å². The molecule has 0 fully saturated rings. The van der Waals surface area contributed by atoms with Gasteiger partial charge in [0.1, 0.15) is 34.8 Å². The zero-order valence-corrected chi connectivity index (χ0v) is 10.7. The molecule has 0 saturated carbocycles. The quantitative estimate of drug-likeness (QED) is 0.904. The number of rotatable bonds is 4. The largest absolute Gasteiger partial charge is 0.464 e. The van der Waals surface area contributed by atoms with Gasteiger partial charge in [-0.25, -0.2) is 8.78 Å². The molecule has 1 aromatic heterocycles. The van der Waals surface area contributed by atoms with Crippen molar-refractivity contribution in [3.63, 3.8) is 0 Å². The average molecular weight is 281 g/mol. The third kappa shape index (κ3) is 3.03. The summed E-state index contributed by atoms with van der Waals surface area (Å²) in [5.41, 5.74) is -0.671. The fraction of sp³-hybridized carbons (Fsp3) is 0.214. The number of aliphatic hydroxyl groups is 1. The number of furan rings is 1. The minimum absolute atomic E-state index is 0.209. The normalized spacial score (nSPS) is 12.2. The van der Waals surface area contributed by atoms with Gasteiger partial charge in [0.05, 0.1) is 6.54 Å². The van der Waals surface area contributed by atoms with Crippen LogP contribution in [0.4, 0.5) is 8.78 Å². The molecular weight excluding hydrogens is 268 g/mol. The van der Waals surface area contributed by atoms with Crippen LogP contribution in [0.15, 0.2) is 34.7 Å². The van der Waals surface area contributed by atoms with E-state index < -0.39 is 29.2 Å². The number of benzene rings is 1. The summed E-state index contributed by atoms with van der Waals surface area (Å²) < 4.78 is 31.9. The Morgan fingerprint density at radius 3 is 2.50 bits per heavy atom. The number of carbonyl (C=O) groups is 1. The maximum Gasteiger partial charge on any atom is 0.257 e. The average Bonchev–Trinajstić information content (AvgIpc) is 2.82. The summed E-state index contributed by atoms with van der Waals surface area (Å²) in [6.07, 6.45) is -1.08. The Morgan fingerprint density at radius 1 is 1.30 bits per heavy atom. The summed E-state index contributed by atoms with van der Waals surface area (Å²) in [5.74, 6) is -1.94. The minimum Gasteiger partial charge on any atom is -0.464 e. The number of carbonyl (C=O) groups excluding carboxylic acids is 1. The minimum atomic E-state index is -1.08. The lowest BCUT2D eigenvalue weighted by atomic mass is 10.1.